The molecule has 0 aromatic heterocycles. The lowest BCUT2D eigenvalue weighted by molar-refractivity contribution is -0.127. The Balaban J connectivity index is 1.95. The maximum Gasteiger partial charge on any atom is 0.261 e. The molecular weight excluding hydrogens is 317 g/mol. The van der Waals surface area contributed by atoms with E-state index in [0.717, 1.165) is 5.56 Å². The number of halogens is 1. The number of carbonyl (C=O) groups is 1. The molecule has 0 saturated heterocycles. The van der Waals surface area contributed by atoms with Gasteiger partial charge in [0.05, 0.1) is 6.04 Å². The molecule has 134 valence electrons. The fourth-order valence-corrected chi connectivity index (χ4v) is 2.46. The summed E-state index contributed by atoms with van der Waals surface area (Å²) in [5, 5.41) is 2.95. The predicted molar refractivity (Wildman–Crippen MR) is 98.2 cm³/mol. The quantitative estimate of drug-likeness (QED) is 0.849. The van der Waals surface area contributed by atoms with Crippen molar-refractivity contribution in [1.29, 1.82) is 0 Å². The van der Waals surface area contributed by atoms with Crippen LogP contribution >= 0.6 is 0 Å². The van der Waals surface area contributed by atoms with Crippen LogP contribution in [-0.4, -0.2) is 12.0 Å². The topological polar surface area (TPSA) is 38.3 Å². The van der Waals surface area contributed by atoms with Crippen molar-refractivity contribution in [3.05, 3.63) is 65.5 Å². The highest BCUT2D eigenvalue weighted by atomic mass is 19.1. The Morgan fingerprint density at radius 1 is 1.00 bits per heavy atom. The smallest absolute Gasteiger partial charge is 0.261 e. The second-order valence-electron chi connectivity index (χ2n) is 7.32. The minimum Gasteiger partial charge on any atom is -0.481 e. The van der Waals surface area contributed by atoms with Gasteiger partial charge in [0.25, 0.3) is 5.91 Å². The van der Waals surface area contributed by atoms with E-state index >= 15 is 0 Å². The zero-order valence-corrected chi connectivity index (χ0v) is 15.5. The molecule has 0 spiro atoms. The fourth-order valence-electron chi connectivity index (χ4n) is 2.46. The van der Waals surface area contributed by atoms with Crippen molar-refractivity contribution in [2.75, 3.05) is 0 Å². The Labute approximate surface area is 149 Å². The molecule has 4 heteroatoms. The molecular formula is C21H26FNO2. The highest BCUT2D eigenvalue weighted by Crippen LogP contribution is 2.24. The molecule has 2 atom stereocenters. The van der Waals surface area contributed by atoms with E-state index in [2.05, 4.69) is 38.2 Å². The Morgan fingerprint density at radius 3 is 2.08 bits per heavy atom. The van der Waals surface area contributed by atoms with E-state index in [1.165, 1.54) is 29.8 Å². The molecule has 0 heterocycles. The zero-order chi connectivity index (χ0) is 18.6. The highest BCUT2D eigenvalue weighted by Gasteiger charge is 2.19. The van der Waals surface area contributed by atoms with E-state index in [-0.39, 0.29) is 23.2 Å². The summed E-state index contributed by atoms with van der Waals surface area (Å²) in [6.07, 6.45) is -0.665. The number of nitrogens with one attached hydrogen (secondary N) is 1. The molecule has 0 saturated carbocycles. The van der Waals surface area contributed by atoms with Crippen LogP contribution < -0.4 is 10.1 Å². The molecule has 0 radical (unpaired) electrons. The monoisotopic (exact) mass is 343 g/mol. The second-order valence-corrected chi connectivity index (χ2v) is 7.32. The lowest BCUT2D eigenvalue weighted by Gasteiger charge is -2.22. The van der Waals surface area contributed by atoms with Gasteiger partial charge in [0, 0.05) is 0 Å². The number of amides is 1. The SMILES string of the molecule is C[C@@H](Oc1ccc(F)cc1)C(=O)N[C@H](C)c1ccc(C(C)(C)C)cc1. The van der Waals surface area contributed by atoms with E-state index in [4.69, 9.17) is 4.74 Å². The average molecular weight is 343 g/mol. The van der Waals surface area contributed by atoms with Gasteiger partial charge in [-0.1, -0.05) is 45.0 Å². The summed E-state index contributed by atoms with van der Waals surface area (Å²) in [5.74, 6) is -0.0836. The Morgan fingerprint density at radius 2 is 1.56 bits per heavy atom. The van der Waals surface area contributed by atoms with E-state index in [1.54, 1.807) is 6.92 Å². The third-order valence-electron chi connectivity index (χ3n) is 4.13. The standard InChI is InChI=1S/C21H26FNO2/c1-14(16-6-8-17(9-7-16)21(3,4)5)23-20(24)15(2)25-19-12-10-18(22)11-13-19/h6-15H,1-5H3,(H,23,24)/t14-,15-/m1/s1. The Bertz CT molecular complexity index is 702. The van der Waals surface area contributed by atoms with Crippen LogP contribution in [0.2, 0.25) is 0 Å². The largest absolute Gasteiger partial charge is 0.481 e. The van der Waals surface area contributed by atoms with Gasteiger partial charge in [-0.05, 0) is 54.7 Å². The summed E-state index contributed by atoms with van der Waals surface area (Å²) in [4.78, 5) is 12.3. The molecule has 2 rings (SSSR count). The number of hydrogen-bond donors (Lipinski definition) is 1. The summed E-state index contributed by atoms with van der Waals surface area (Å²) in [6, 6.07) is 13.8. The van der Waals surface area contributed by atoms with Gasteiger partial charge in [-0.2, -0.15) is 0 Å². The summed E-state index contributed by atoms with van der Waals surface area (Å²) in [7, 11) is 0. The lowest BCUT2D eigenvalue weighted by Crippen LogP contribution is -2.37. The Hall–Kier alpha value is -2.36. The molecule has 0 aliphatic carbocycles. The van der Waals surface area contributed by atoms with Gasteiger partial charge >= 0.3 is 0 Å². The zero-order valence-electron chi connectivity index (χ0n) is 15.5. The van der Waals surface area contributed by atoms with Crippen LogP contribution in [0.5, 0.6) is 5.75 Å². The van der Waals surface area contributed by atoms with Crippen molar-refractivity contribution in [3.63, 3.8) is 0 Å². The summed E-state index contributed by atoms with van der Waals surface area (Å²) >= 11 is 0. The summed E-state index contributed by atoms with van der Waals surface area (Å²) in [6.45, 7) is 10.1. The van der Waals surface area contributed by atoms with Gasteiger partial charge in [-0.25, -0.2) is 4.39 Å². The summed E-state index contributed by atoms with van der Waals surface area (Å²) in [5.41, 5.74) is 2.39. The van der Waals surface area contributed by atoms with Crippen molar-refractivity contribution in [2.45, 2.75) is 52.2 Å². The second kappa shape index (κ2) is 7.68. The summed E-state index contributed by atoms with van der Waals surface area (Å²) < 4.78 is 18.5. The van der Waals surface area contributed by atoms with Crippen molar-refractivity contribution in [1.82, 2.24) is 5.32 Å². The molecule has 0 aliphatic heterocycles. The molecule has 25 heavy (non-hydrogen) atoms. The first-order valence-corrected chi connectivity index (χ1v) is 8.50. The van der Waals surface area contributed by atoms with Crippen LogP contribution in [0.1, 0.15) is 51.8 Å². The van der Waals surface area contributed by atoms with Crippen LogP contribution in [-0.2, 0) is 10.2 Å². The molecule has 1 amide bonds. The third kappa shape index (κ3) is 5.31. The molecule has 3 nitrogen and oxygen atoms in total. The van der Waals surface area contributed by atoms with Crippen LogP contribution in [0.25, 0.3) is 0 Å². The minimum absolute atomic E-state index is 0.0997. The first kappa shape index (κ1) is 19.0. The van der Waals surface area contributed by atoms with Gasteiger partial charge < -0.3 is 10.1 Å². The molecule has 0 aliphatic rings. The molecule has 2 aromatic rings. The maximum absolute atomic E-state index is 12.9. The van der Waals surface area contributed by atoms with Gasteiger partial charge in [0.2, 0.25) is 0 Å². The third-order valence-corrected chi connectivity index (χ3v) is 4.13. The molecule has 0 fully saturated rings. The molecule has 0 bridgehead atoms. The maximum atomic E-state index is 12.9. The normalized spacial score (nSPS) is 13.8. The number of benzene rings is 2. The van der Waals surface area contributed by atoms with Gasteiger partial charge in [0.15, 0.2) is 6.10 Å². The molecule has 2 aromatic carbocycles. The van der Waals surface area contributed by atoms with Crippen molar-refractivity contribution >= 4 is 5.91 Å². The van der Waals surface area contributed by atoms with E-state index < -0.39 is 6.10 Å². The molecule has 1 N–H and O–H groups in total. The number of carbonyl (C=O) groups excluding carboxylic acids is 1. The van der Waals surface area contributed by atoms with Gasteiger partial charge in [-0.15, -0.1) is 0 Å². The highest BCUT2D eigenvalue weighted by molar-refractivity contribution is 5.81. The van der Waals surface area contributed by atoms with E-state index in [0.29, 0.717) is 5.75 Å². The minimum atomic E-state index is -0.665. The molecule has 0 unspecified atom stereocenters. The van der Waals surface area contributed by atoms with E-state index in [9.17, 15) is 9.18 Å². The number of rotatable bonds is 5. The van der Waals surface area contributed by atoms with Crippen molar-refractivity contribution in [3.8, 4) is 5.75 Å². The number of hydrogen-bond acceptors (Lipinski definition) is 2. The fraction of sp³-hybridized carbons (Fsp3) is 0.381. The van der Waals surface area contributed by atoms with Crippen LogP contribution in [0.15, 0.2) is 48.5 Å². The van der Waals surface area contributed by atoms with E-state index in [1.807, 2.05) is 19.1 Å². The first-order valence-electron chi connectivity index (χ1n) is 8.50. The van der Waals surface area contributed by atoms with Crippen molar-refractivity contribution in [2.24, 2.45) is 0 Å². The number of ether oxygens (including phenoxy) is 1. The van der Waals surface area contributed by atoms with Gasteiger partial charge in [0.1, 0.15) is 11.6 Å². The average Bonchev–Trinajstić information content (AvgIpc) is 2.56. The van der Waals surface area contributed by atoms with Crippen LogP contribution in [0, 0.1) is 5.82 Å². The van der Waals surface area contributed by atoms with Crippen LogP contribution in [0.3, 0.4) is 0 Å². The lowest BCUT2D eigenvalue weighted by atomic mass is 9.86. The van der Waals surface area contributed by atoms with Crippen molar-refractivity contribution < 1.29 is 13.9 Å². The predicted octanol–water partition coefficient (Wildman–Crippen LogP) is 4.77. The first-order chi connectivity index (χ1) is 11.7. The van der Waals surface area contributed by atoms with Crippen LogP contribution in [0.4, 0.5) is 4.39 Å². The van der Waals surface area contributed by atoms with Gasteiger partial charge in [-0.3, -0.25) is 4.79 Å². The Kier molecular flexibility index (Phi) is 5.83.